The SMILES string of the molecule is CC1C(C(=O)Nc2cc3cc(C4CCN(C5(C)COCC5O)CC4)c(Cl)cc3cn2)C1c1ccccn1. The Balaban J connectivity index is 1.16. The highest BCUT2D eigenvalue weighted by Gasteiger charge is 2.53. The number of benzene rings is 1. The number of halogens is 1. The number of pyridine rings is 2. The van der Waals surface area contributed by atoms with Gasteiger partial charge in [-0.25, -0.2) is 4.98 Å². The van der Waals surface area contributed by atoms with Gasteiger partial charge in [-0.15, -0.1) is 0 Å². The highest BCUT2D eigenvalue weighted by atomic mass is 35.5. The zero-order chi connectivity index (χ0) is 25.7. The van der Waals surface area contributed by atoms with Crippen molar-refractivity contribution in [2.75, 3.05) is 31.6 Å². The molecule has 5 unspecified atom stereocenters. The normalized spacial score (nSPS) is 30.5. The number of hydrogen-bond acceptors (Lipinski definition) is 6. The molecular formula is C29H33ClN4O3. The third-order valence-corrected chi connectivity index (χ3v) is 9.17. The Bertz CT molecular complexity index is 1310. The van der Waals surface area contributed by atoms with E-state index in [-0.39, 0.29) is 29.2 Å². The third kappa shape index (κ3) is 4.52. The lowest BCUT2D eigenvalue weighted by Gasteiger charge is -2.43. The fraction of sp³-hybridized carbons (Fsp3) is 0.483. The molecule has 37 heavy (non-hydrogen) atoms. The summed E-state index contributed by atoms with van der Waals surface area (Å²) in [5, 5.41) is 16.2. The number of fused-ring (bicyclic) bond motifs is 1. The minimum atomic E-state index is -0.452. The number of aliphatic hydroxyl groups excluding tert-OH is 1. The number of aliphatic hydroxyl groups is 1. The molecule has 2 N–H and O–H groups in total. The van der Waals surface area contributed by atoms with E-state index in [2.05, 4.69) is 40.1 Å². The zero-order valence-corrected chi connectivity index (χ0v) is 22.0. The lowest BCUT2D eigenvalue weighted by atomic mass is 9.85. The van der Waals surface area contributed by atoms with Crippen LogP contribution in [0.15, 0.2) is 48.8 Å². The number of nitrogens with one attached hydrogen (secondary N) is 1. The van der Waals surface area contributed by atoms with Crippen molar-refractivity contribution in [3.63, 3.8) is 0 Å². The van der Waals surface area contributed by atoms with Crippen LogP contribution in [-0.2, 0) is 9.53 Å². The number of ether oxygens (including phenoxy) is 1. The standard InChI is InChI=1S/C29H33ClN4O3/c1-17-26(23-5-3-4-8-31-23)27(17)28(36)33-25-13-19-11-21(22(30)12-20(19)14-32-25)18-6-9-34(10-7-18)29(2)16-37-15-24(29)35/h3-5,8,11-14,17-18,24,26-27,35H,6-7,9-10,15-16H2,1-2H3,(H,32,33,36). The zero-order valence-electron chi connectivity index (χ0n) is 21.2. The Kier molecular flexibility index (Phi) is 6.43. The molecule has 0 bridgehead atoms. The minimum absolute atomic E-state index is 0.0110. The monoisotopic (exact) mass is 520 g/mol. The highest BCUT2D eigenvalue weighted by molar-refractivity contribution is 6.32. The van der Waals surface area contributed by atoms with E-state index in [9.17, 15) is 9.90 Å². The quantitative estimate of drug-likeness (QED) is 0.511. The van der Waals surface area contributed by atoms with Crippen LogP contribution in [0.5, 0.6) is 0 Å². The van der Waals surface area contributed by atoms with Crippen molar-refractivity contribution in [1.82, 2.24) is 14.9 Å². The third-order valence-electron chi connectivity index (χ3n) is 8.84. The second kappa shape index (κ2) is 9.62. The summed E-state index contributed by atoms with van der Waals surface area (Å²) in [6.07, 6.45) is 5.04. The number of rotatable bonds is 5. The van der Waals surface area contributed by atoms with E-state index in [0.29, 0.717) is 24.9 Å². The van der Waals surface area contributed by atoms with E-state index in [4.69, 9.17) is 16.3 Å². The summed E-state index contributed by atoms with van der Waals surface area (Å²) in [7, 11) is 0. The van der Waals surface area contributed by atoms with Gasteiger partial charge in [0.05, 0.1) is 30.8 Å². The number of carbonyl (C=O) groups excluding carboxylic acids is 1. The van der Waals surface area contributed by atoms with Crippen LogP contribution in [-0.4, -0.2) is 63.8 Å². The number of piperidine rings is 1. The van der Waals surface area contributed by atoms with Gasteiger partial charge in [0.1, 0.15) is 5.82 Å². The van der Waals surface area contributed by atoms with Crippen molar-refractivity contribution in [3.05, 3.63) is 65.1 Å². The Labute approximate surface area is 222 Å². The first-order chi connectivity index (χ1) is 17.8. The first-order valence-electron chi connectivity index (χ1n) is 13.2. The molecule has 2 aliphatic heterocycles. The summed E-state index contributed by atoms with van der Waals surface area (Å²) >= 11 is 6.74. The van der Waals surface area contributed by atoms with Gasteiger partial charge in [-0.2, -0.15) is 0 Å². The maximum atomic E-state index is 13.0. The first-order valence-corrected chi connectivity index (χ1v) is 13.5. The van der Waals surface area contributed by atoms with Crippen molar-refractivity contribution < 1.29 is 14.6 Å². The smallest absolute Gasteiger partial charge is 0.229 e. The maximum absolute atomic E-state index is 13.0. The molecule has 8 heteroatoms. The van der Waals surface area contributed by atoms with E-state index < -0.39 is 6.10 Å². The molecule has 4 heterocycles. The second-order valence-electron chi connectivity index (χ2n) is 11.1. The summed E-state index contributed by atoms with van der Waals surface area (Å²) in [6, 6.07) is 11.9. The summed E-state index contributed by atoms with van der Waals surface area (Å²) < 4.78 is 5.54. The molecular weight excluding hydrogens is 488 g/mol. The van der Waals surface area contributed by atoms with Crippen LogP contribution in [0.25, 0.3) is 10.8 Å². The van der Waals surface area contributed by atoms with Crippen LogP contribution >= 0.6 is 11.6 Å². The molecule has 0 radical (unpaired) electrons. The number of aromatic nitrogens is 2. The van der Waals surface area contributed by atoms with E-state index in [1.165, 1.54) is 0 Å². The van der Waals surface area contributed by atoms with Gasteiger partial charge >= 0.3 is 0 Å². The molecule has 2 aromatic heterocycles. The Morgan fingerprint density at radius 1 is 1.19 bits per heavy atom. The number of carbonyl (C=O) groups is 1. The van der Waals surface area contributed by atoms with Crippen LogP contribution < -0.4 is 5.32 Å². The van der Waals surface area contributed by atoms with Crippen molar-refractivity contribution in [1.29, 1.82) is 0 Å². The minimum Gasteiger partial charge on any atom is -0.389 e. The lowest BCUT2D eigenvalue weighted by molar-refractivity contribution is -0.117. The molecule has 3 fully saturated rings. The van der Waals surface area contributed by atoms with Gasteiger partial charge in [-0.1, -0.05) is 24.6 Å². The first kappa shape index (κ1) is 24.7. The van der Waals surface area contributed by atoms with Crippen molar-refractivity contribution in [2.45, 2.75) is 50.2 Å². The molecule has 1 amide bonds. The molecule has 1 aliphatic carbocycles. The predicted molar refractivity (Wildman–Crippen MR) is 144 cm³/mol. The molecule has 1 saturated carbocycles. The number of nitrogens with zero attached hydrogens (tertiary/aromatic N) is 3. The van der Waals surface area contributed by atoms with E-state index >= 15 is 0 Å². The summed E-state index contributed by atoms with van der Waals surface area (Å²) in [5.74, 6) is 1.20. The van der Waals surface area contributed by atoms with Crippen LogP contribution in [0.2, 0.25) is 5.02 Å². The topological polar surface area (TPSA) is 87.6 Å². The maximum Gasteiger partial charge on any atom is 0.229 e. The Hall–Kier alpha value is -2.58. The van der Waals surface area contributed by atoms with E-state index in [1.54, 1.807) is 12.4 Å². The van der Waals surface area contributed by atoms with Crippen LogP contribution in [0.1, 0.15) is 49.8 Å². The van der Waals surface area contributed by atoms with Gasteiger partial charge < -0.3 is 15.2 Å². The number of anilines is 1. The average Bonchev–Trinajstić information content (AvgIpc) is 3.47. The van der Waals surface area contributed by atoms with E-state index in [1.807, 2.05) is 30.3 Å². The van der Waals surface area contributed by atoms with Gasteiger partial charge in [0.25, 0.3) is 0 Å². The molecule has 0 spiro atoms. The van der Waals surface area contributed by atoms with Crippen molar-refractivity contribution >= 4 is 34.1 Å². The van der Waals surface area contributed by atoms with Gasteiger partial charge in [-0.05, 0) is 86.0 Å². The summed E-state index contributed by atoms with van der Waals surface area (Å²) in [4.78, 5) is 24.3. The molecule has 3 aliphatic rings. The molecule has 3 aromatic rings. The molecule has 194 valence electrons. The summed E-state index contributed by atoms with van der Waals surface area (Å²) in [5.41, 5.74) is 1.79. The van der Waals surface area contributed by atoms with Crippen LogP contribution in [0, 0.1) is 11.8 Å². The fourth-order valence-corrected chi connectivity index (χ4v) is 6.65. The largest absolute Gasteiger partial charge is 0.389 e. The number of likely N-dealkylation sites (tertiary alicyclic amines) is 1. The average molecular weight is 521 g/mol. The van der Waals surface area contributed by atoms with Crippen molar-refractivity contribution in [2.24, 2.45) is 11.8 Å². The van der Waals surface area contributed by atoms with Crippen molar-refractivity contribution in [3.8, 4) is 0 Å². The van der Waals surface area contributed by atoms with E-state index in [0.717, 1.165) is 53.0 Å². The van der Waals surface area contributed by atoms with Gasteiger partial charge in [0.2, 0.25) is 5.91 Å². The van der Waals surface area contributed by atoms with Gasteiger partial charge in [0, 0.05) is 34.4 Å². The number of hydrogen-bond donors (Lipinski definition) is 2. The highest BCUT2D eigenvalue weighted by Crippen LogP contribution is 2.53. The van der Waals surface area contributed by atoms with Gasteiger partial charge in [-0.3, -0.25) is 14.7 Å². The summed E-state index contributed by atoms with van der Waals surface area (Å²) in [6.45, 7) is 6.95. The van der Waals surface area contributed by atoms with Crippen LogP contribution in [0.3, 0.4) is 0 Å². The van der Waals surface area contributed by atoms with Gasteiger partial charge in [0.15, 0.2) is 0 Å². The fourth-order valence-electron chi connectivity index (χ4n) is 6.32. The Morgan fingerprint density at radius 3 is 2.70 bits per heavy atom. The molecule has 1 aromatic carbocycles. The molecule has 2 saturated heterocycles. The number of amides is 1. The lowest BCUT2D eigenvalue weighted by Crippen LogP contribution is -2.56. The Morgan fingerprint density at radius 2 is 2.00 bits per heavy atom. The molecule has 7 nitrogen and oxygen atoms in total. The van der Waals surface area contributed by atoms with Crippen LogP contribution in [0.4, 0.5) is 5.82 Å². The molecule has 5 atom stereocenters. The predicted octanol–water partition coefficient (Wildman–Crippen LogP) is 4.60. The second-order valence-corrected chi connectivity index (χ2v) is 11.5. The molecule has 6 rings (SSSR count).